The summed E-state index contributed by atoms with van der Waals surface area (Å²) < 4.78 is 0. The van der Waals surface area contributed by atoms with Gasteiger partial charge in [-0.2, -0.15) is 0 Å². The Labute approximate surface area is 115 Å². The fraction of sp³-hybridized carbons (Fsp3) is 0.533. The summed E-state index contributed by atoms with van der Waals surface area (Å²) in [4.78, 5) is 14.2. The lowest BCUT2D eigenvalue weighted by Crippen LogP contribution is -2.41. The molecule has 0 bridgehead atoms. The first-order valence-corrected chi connectivity index (χ1v) is 7.07. The van der Waals surface area contributed by atoms with Gasteiger partial charge in [-0.05, 0) is 31.4 Å². The molecule has 1 heterocycles. The van der Waals surface area contributed by atoms with E-state index >= 15 is 0 Å². The van der Waals surface area contributed by atoms with E-state index in [0.29, 0.717) is 6.54 Å². The van der Waals surface area contributed by atoms with Crippen molar-refractivity contribution in [3.8, 4) is 0 Å². The fourth-order valence-electron chi connectivity index (χ4n) is 2.63. The SMILES string of the molecule is CCC(CC)NC(=O)CN1CCc2c(N)cccc21. The minimum absolute atomic E-state index is 0.101. The van der Waals surface area contributed by atoms with E-state index in [1.165, 1.54) is 5.56 Å². The minimum atomic E-state index is 0.101. The van der Waals surface area contributed by atoms with Crippen LogP contribution in [0.1, 0.15) is 32.3 Å². The molecular weight excluding hydrogens is 238 g/mol. The van der Waals surface area contributed by atoms with Gasteiger partial charge in [0.1, 0.15) is 0 Å². The number of nitrogens with two attached hydrogens (primary N) is 1. The number of nitrogen functional groups attached to an aromatic ring is 1. The van der Waals surface area contributed by atoms with Gasteiger partial charge in [0, 0.05) is 29.5 Å². The molecule has 104 valence electrons. The topological polar surface area (TPSA) is 58.4 Å². The molecule has 0 unspecified atom stereocenters. The minimum Gasteiger partial charge on any atom is -0.398 e. The van der Waals surface area contributed by atoms with E-state index in [9.17, 15) is 4.79 Å². The van der Waals surface area contributed by atoms with Crippen LogP contribution in [-0.4, -0.2) is 25.0 Å². The normalized spacial score (nSPS) is 13.7. The first kappa shape index (κ1) is 13.7. The third-order valence-electron chi connectivity index (χ3n) is 3.85. The van der Waals surface area contributed by atoms with E-state index in [0.717, 1.165) is 37.2 Å². The first-order valence-electron chi connectivity index (χ1n) is 7.07. The van der Waals surface area contributed by atoms with Gasteiger partial charge in [0.05, 0.1) is 6.54 Å². The van der Waals surface area contributed by atoms with Crippen molar-refractivity contribution in [2.75, 3.05) is 23.7 Å². The smallest absolute Gasteiger partial charge is 0.239 e. The highest BCUT2D eigenvalue weighted by molar-refractivity contribution is 5.83. The highest BCUT2D eigenvalue weighted by atomic mass is 16.2. The zero-order valence-corrected chi connectivity index (χ0v) is 11.8. The second kappa shape index (κ2) is 5.95. The summed E-state index contributed by atoms with van der Waals surface area (Å²) in [6, 6.07) is 6.21. The van der Waals surface area contributed by atoms with Crippen molar-refractivity contribution in [3.63, 3.8) is 0 Å². The second-order valence-electron chi connectivity index (χ2n) is 5.10. The molecule has 0 saturated heterocycles. The summed E-state index contributed by atoms with van der Waals surface area (Å²) in [5.41, 5.74) is 9.08. The zero-order valence-electron chi connectivity index (χ0n) is 11.8. The maximum Gasteiger partial charge on any atom is 0.239 e. The van der Waals surface area contributed by atoms with Crippen molar-refractivity contribution < 1.29 is 4.79 Å². The van der Waals surface area contributed by atoms with Crippen molar-refractivity contribution in [1.82, 2.24) is 5.32 Å². The summed E-state index contributed by atoms with van der Waals surface area (Å²) in [6.45, 7) is 5.49. The average Bonchev–Trinajstić information content (AvgIpc) is 2.81. The van der Waals surface area contributed by atoms with E-state index in [-0.39, 0.29) is 11.9 Å². The molecule has 0 aliphatic carbocycles. The molecule has 0 aromatic heterocycles. The highest BCUT2D eigenvalue weighted by Crippen LogP contribution is 2.31. The van der Waals surface area contributed by atoms with Gasteiger partial charge in [-0.1, -0.05) is 19.9 Å². The van der Waals surface area contributed by atoms with Crippen molar-refractivity contribution in [3.05, 3.63) is 23.8 Å². The number of benzene rings is 1. The summed E-state index contributed by atoms with van der Waals surface area (Å²) in [5.74, 6) is 0.101. The molecule has 0 fully saturated rings. The van der Waals surface area contributed by atoms with E-state index in [1.807, 2.05) is 18.2 Å². The number of fused-ring (bicyclic) bond motifs is 1. The van der Waals surface area contributed by atoms with Gasteiger partial charge < -0.3 is 16.0 Å². The van der Waals surface area contributed by atoms with Crippen LogP contribution in [0.15, 0.2) is 18.2 Å². The van der Waals surface area contributed by atoms with Crippen LogP contribution in [0, 0.1) is 0 Å². The molecule has 3 N–H and O–H groups in total. The van der Waals surface area contributed by atoms with Crippen LogP contribution in [-0.2, 0) is 11.2 Å². The van der Waals surface area contributed by atoms with Gasteiger partial charge in [0.25, 0.3) is 0 Å². The molecule has 2 rings (SSSR count). The average molecular weight is 261 g/mol. The molecule has 0 spiro atoms. The van der Waals surface area contributed by atoms with Gasteiger partial charge in [-0.15, -0.1) is 0 Å². The van der Waals surface area contributed by atoms with Crippen molar-refractivity contribution in [2.24, 2.45) is 0 Å². The van der Waals surface area contributed by atoms with Crippen LogP contribution in [0.5, 0.6) is 0 Å². The van der Waals surface area contributed by atoms with Crippen molar-refractivity contribution in [1.29, 1.82) is 0 Å². The van der Waals surface area contributed by atoms with E-state index < -0.39 is 0 Å². The van der Waals surface area contributed by atoms with Gasteiger partial charge >= 0.3 is 0 Å². The summed E-state index contributed by atoms with van der Waals surface area (Å²) in [6.07, 6.45) is 2.89. The quantitative estimate of drug-likeness (QED) is 0.796. The Hall–Kier alpha value is -1.71. The number of nitrogens with zero attached hydrogens (tertiary/aromatic N) is 1. The monoisotopic (exact) mass is 261 g/mol. The lowest BCUT2D eigenvalue weighted by Gasteiger charge is -2.21. The molecule has 1 amide bonds. The molecular formula is C15H23N3O. The molecule has 1 aliphatic heterocycles. The zero-order chi connectivity index (χ0) is 13.8. The summed E-state index contributed by atoms with van der Waals surface area (Å²) in [7, 11) is 0. The Morgan fingerprint density at radius 2 is 2.16 bits per heavy atom. The maximum absolute atomic E-state index is 12.0. The number of nitrogens with one attached hydrogen (secondary N) is 1. The second-order valence-corrected chi connectivity index (χ2v) is 5.10. The number of anilines is 2. The Balaban J connectivity index is 1.99. The third kappa shape index (κ3) is 3.00. The number of carbonyl (C=O) groups excluding carboxylic acids is 1. The molecule has 1 aromatic carbocycles. The van der Waals surface area contributed by atoms with Gasteiger partial charge in [-0.25, -0.2) is 0 Å². The fourth-order valence-corrected chi connectivity index (χ4v) is 2.63. The van der Waals surface area contributed by atoms with Crippen LogP contribution < -0.4 is 16.0 Å². The predicted octanol–water partition coefficient (Wildman–Crippen LogP) is 1.94. The molecule has 0 atom stereocenters. The predicted molar refractivity (Wildman–Crippen MR) is 79.3 cm³/mol. The third-order valence-corrected chi connectivity index (χ3v) is 3.85. The molecule has 4 nitrogen and oxygen atoms in total. The van der Waals surface area contributed by atoms with Crippen molar-refractivity contribution >= 4 is 17.3 Å². The number of rotatable bonds is 5. The largest absolute Gasteiger partial charge is 0.398 e. The first-order chi connectivity index (χ1) is 9.15. The molecule has 19 heavy (non-hydrogen) atoms. The number of amides is 1. The summed E-state index contributed by atoms with van der Waals surface area (Å²) >= 11 is 0. The summed E-state index contributed by atoms with van der Waals surface area (Å²) in [5, 5.41) is 3.08. The Bertz CT molecular complexity index is 455. The Morgan fingerprint density at radius 3 is 2.84 bits per heavy atom. The van der Waals surface area contributed by atoms with E-state index in [1.54, 1.807) is 0 Å². The molecule has 0 radical (unpaired) electrons. The van der Waals surface area contributed by atoms with Gasteiger partial charge in [0.2, 0.25) is 5.91 Å². The van der Waals surface area contributed by atoms with Crippen LogP contribution in [0.3, 0.4) is 0 Å². The highest BCUT2D eigenvalue weighted by Gasteiger charge is 2.22. The molecule has 0 saturated carbocycles. The van der Waals surface area contributed by atoms with Gasteiger partial charge in [0.15, 0.2) is 0 Å². The maximum atomic E-state index is 12.0. The lowest BCUT2D eigenvalue weighted by molar-refractivity contribution is -0.120. The van der Waals surface area contributed by atoms with Crippen LogP contribution in [0.2, 0.25) is 0 Å². The lowest BCUT2D eigenvalue weighted by atomic mass is 10.1. The number of hydrogen-bond acceptors (Lipinski definition) is 3. The van der Waals surface area contributed by atoms with Crippen LogP contribution in [0.25, 0.3) is 0 Å². The Kier molecular flexibility index (Phi) is 4.30. The van der Waals surface area contributed by atoms with Crippen molar-refractivity contribution in [2.45, 2.75) is 39.2 Å². The molecule has 1 aliphatic rings. The number of carbonyl (C=O) groups is 1. The molecule has 4 heteroatoms. The van der Waals surface area contributed by atoms with Crippen LogP contribution >= 0.6 is 0 Å². The van der Waals surface area contributed by atoms with E-state index in [4.69, 9.17) is 5.73 Å². The molecule has 1 aromatic rings. The van der Waals surface area contributed by atoms with Crippen LogP contribution in [0.4, 0.5) is 11.4 Å². The number of hydrogen-bond donors (Lipinski definition) is 2. The van der Waals surface area contributed by atoms with Gasteiger partial charge in [-0.3, -0.25) is 4.79 Å². The Morgan fingerprint density at radius 1 is 1.42 bits per heavy atom. The standard InChI is InChI=1S/C15H23N3O/c1-3-11(4-2)17-15(19)10-18-9-8-12-13(16)6-5-7-14(12)18/h5-7,11H,3-4,8-10,16H2,1-2H3,(H,17,19). The van der Waals surface area contributed by atoms with E-state index in [2.05, 4.69) is 24.1 Å².